The van der Waals surface area contributed by atoms with E-state index in [2.05, 4.69) is 18.2 Å². The van der Waals surface area contributed by atoms with Crippen LogP contribution in [0.3, 0.4) is 0 Å². The van der Waals surface area contributed by atoms with Crippen LogP contribution in [-0.4, -0.2) is 22.8 Å². The Kier molecular flexibility index (Phi) is 8.35. The van der Waals surface area contributed by atoms with Crippen LogP contribution in [0.1, 0.15) is 64.5 Å². The van der Waals surface area contributed by atoms with Crippen molar-refractivity contribution >= 4 is 6.09 Å². The van der Waals surface area contributed by atoms with E-state index in [1.807, 2.05) is 44.2 Å². The molecule has 0 fully saturated rings. The summed E-state index contributed by atoms with van der Waals surface area (Å²) in [5.41, 5.74) is 0.208. The second-order valence-corrected chi connectivity index (χ2v) is 6.60. The van der Waals surface area contributed by atoms with E-state index in [4.69, 9.17) is 11.2 Å². The topological polar surface area (TPSA) is 58.6 Å². The minimum atomic E-state index is -0.828. The molecule has 0 aliphatic heterocycles. The number of carbonyl (C=O) groups excluding carboxylic acids is 1. The molecule has 0 spiro atoms. The fraction of sp³-hybridized carbons (Fsp3) is 0.550. The summed E-state index contributed by atoms with van der Waals surface area (Å²) < 4.78 is 5.52. The van der Waals surface area contributed by atoms with Gasteiger partial charge >= 0.3 is 6.09 Å². The van der Waals surface area contributed by atoms with Crippen LogP contribution in [0.4, 0.5) is 4.79 Å². The number of benzene rings is 1. The Bertz CT molecular complexity index is 534. The second-order valence-electron chi connectivity index (χ2n) is 6.60. The minimum absolute atomic E-state index is 0.466. The summed E-state index contributed by atoms with van der Waals surface area (Å²) in [6.45, 7) is 5.89. The van der Waals surface area contributed by atoms with E-state index in [0.29, 0.717) is 12.8 Å². The first-order valence-electron chi connectivity index (χ1n) is 8.55. The second kappa shape index (κ2) is 10.00. The van der Waals surface area contributed by atoms with Crippen LogP contribution in [-0.2, 0) is 4.74 Å². The van der Waals surface area contributed by atoms with Gasteiger partial charge in [-0.1, -0.05) is 43.7 Å². The van der Waals surface area contributed by atoms with E-state index in [1.165, 1.54) is 0 Å². The number of ether oxygens (including phenoxy) is 1. The average molecular weight is 331 g/mol. The van der Waals surface area contributed by atoms with Gasteiger partial charge in [0, 0.05) is 6.42 Å². The molecule has 1 aromatic carbocycles. The molecule has 1 aromatic rings. The SMILES string of the molecule is C#CCCC(NC(=O)OC(C)(C)CCCC)C(O)c1ccccc1. The Morgan fingerprint density at radius 3 is 2.62 bits per heavy atom. The summed E-state index contributed by atoms with van der Waals surface area (Å²) >= 11 is 0. The van der Waals surface area contributed by atoms with Crippen LogP contribution in [0.5, 0.6) is 0 Å². The van der Waals surface area contributed by atoms with Crippen LogP contribution in [0.25, 0.3) is 0 Å². The van der Waals surface area contributed by atoms with Gasteiger partial charge in [0.1, 0.15) is 5.60 Å². The van der Waals surface area contributed by atoms with E-state index in [0.717, 1.165) is 24.8 Å². The highest BCUT2D eigenvalue weighted by molar-refractivity contribution is 5.68. The van der Waals surface area contributed by atoms with Crippen molar-refractivity contribution in [2.45, 2.75) is 70.6 Å². The molecule has 2 atom stereocenters. The summed E-state index contributed by atoms with van der Waals surface area (Å²) in [4.78, 5) is 12.2. The maximum atomic E-state index is 12.2. The van der Waals surface area contributed by atoms with Crippen molar-refractivity contribution in [3.63, 3.8) is 0 Å². The number of carbonyl (C=O) groups is 1. The van der Waals surface area contributed by atoms with E-state index in [-0.39, 0.29) is 0 Å². The van der Waals surface area contributed by atoms with Crippen molar-refractivity contribution in [3.05, 3.63) is 35.9 Å². The smallest absolute Gasteiger partial charge is 0.407 e. The zero-order valence-electron chi connectivity index (χ0n) is 14.9. The molecule has 0 radical (unpaired) electrons. The lowest BCUT2D eigenvalue weighted by Gasteiger charge is -2.28. The van der Waals surface area contributed by atoms with Gasteiger partial charge in [-0.05, 0) is 38.7 Å². The Morgan fingerprint density at radius 1 is 1.38 bits per heavy atom. The Balaban J connectivity index is 2.71. The standard InChI is InChI=1S/C20H29NO3/c1-5-7-14-17(18(22)16-12-10-9-11-13-16)21-19(23)24-20(3,4)15-8-6-2/h1,9-13,17-18,22H,6-8,14-15H2,2-4H3,(H,21,23). The Hall–Kier alpha value is -1.99. The van der Waals surface area contributed by atoms with Crippen molar-refractivity contribution in [2.24, 2.45) is 0 Å². The third-order valence-electron chi connectivity index (χ3n) is 3.93. The van der Waals surface area contributed by atoms with Crippen molar-refractivity contribution in [1.29, 1.82) is 0 Å². The number of aliphatic hydroxyl groups is 1. The molecule has 0 saturated heterocycles. The fourth-order valence-corrected chi connectivity index (χ4v) is 2.52. The molecular weight excluding hydrogens is 302 g/mol. The van der Waals surface area contributed by atoms with Gasteiger partial charge in [-0.3, -0.25) is 0 Å². The zero-order valence-corrected chi connectivity index (χ0v) is 14.9. The molecule has 0 aromatic heterocycles. The van der Waals surface area contributed by atoms with Crippen LogP contribution < -0.4 is 5.32 Å². The van der Waals surface area contributed by atoms with Gasteiger partial charge in [0.25, 0.3) is 0 Å². The quantitative estimate of drug-likeness (QED) is 0.667. The molecular formula is C20H29NO3. The first-order chi connectivity index (χ1) is 11.4. The largest absolute Gasteiger partial charge is 0.444 e. The van der Waals surface area contributed by atoms with E-state index < -0.39 is 23.8 Å². The van der Waals surface area contributed by atoms with Gasteiger partial charge in [0.05, 0.1) is 12.1 Å². The molecule has 0 saturated carbocycles. The normalized spacial score (nSPS) is 13.6. The van der Waals surface area contributed by atoms with Gasteiger partial charge in [-0.15, -0.1) is 12.3 Å². The number of unbranched alkanes of at least 4 members (excludes halogenated alkanes) is 1. The number of hydrogen-bond acceptors (Lipinski definition) is 3. The average Bonchev–Trinajstić information content (AvgIpc) is 2.56. The minimum Gasteiger partial charge on any atom is -0.444 e. The van der Waals surface area contributed by atoms with Crippen LogP contribution in [0.15, 0.2) is 30.3 Å². The summed E-state index contributed by atoms with van der Waals surface area (Å²) in [6, 6.07) is 8.74. The third-order valence-corrected chi connectivity index (χ3v) is 3.93. The van der Waals surface area contributed by atoms with Gasteiger partial charge in [0.2, 0.25) is 0 Å². The lowest BCUT2D eigenvalue weighted by molar-refractivity contribution is 0.0230. The van der Waals surface area contributed by atoms with Gasteiger partial charge in [-0.25, -0.2) is 4.79 Å². The van der Waals surface area contributed by atoms with Crippen molar-refractivity contribution < 1.29 is 14.6 Å². The molecule has 0 bridgehead atoms. The molecule has 2 N–H and O–H groups in total. The maximum Gasteiger partial charge on any atom is 0.407 e. The van der Waals surface area contributed by atoms with Crippen molar-refractivity contribution in [2.75, 3.05) is 0 Å². The monoisotopic (exact) mass is 331 g/mol. The Labute approximate surface area is 145 Å². The third kappa shape index (κ3) is 7.06. The summed E-state index contributed by atoms with van der Waals surface area (Å²) in [6.07, 6.45) is 7.77. The maximum absolute atomic E-state index is 12.2. The van der Waals surface area contributed by atoms with E-state index in [9.17, 15) is 9.90 Å². The first kappa shape index (κ1) is 20.1. The number of rotatable bonds is 9. The first-order valence-corrected chi connectivity index (χ1v) is 8.55. The zero-order chi connectivity index (χ0) is 18.0. The predicted octanol–water partition coefficient (Wildman–Crippen LogP) is 4.20. The van der Waals surface area contributed by atoms with Crippen LogP contribution in [0.2, 0.25) is 0 Å². The van der Waals surface area contributed by atoms with Gasteiger partial charge < -0.3 is 15.2 Å². The van der Waals surface area contributed by atoms with Crippen molar-refractivity contribution in [1.82, 2.24) is 5.32 Å². The summed E-state index contributed by atoms with van der Waals surface area (Å²) in [5.74, 6) is 2.55. The number of nitrogens with one attached hydrogen (secondary N) is 1. The van der Waals surface area contributed by atoms with E-state index >= 15 is 0 Å². The summed E-state index contributed by atoms with van der Waals surface area (Å²) in [5, 5.41) is 13.3. The van der Waals surface area contributed by atoms with Crippen LogP contribution in [0, 0.1) is 12.3 Å². The molecule has 0 heterocycles. The Morgan fingerprint density at radius 2 is 2.04 bits per heavy atom. The highest BCUT2D eigenvalue weighted by Crippen LogP contribution is 2.22. The van der Waals surface area contributed by atoms with Gasteiger partial charge in [-0.2, -0.15) is 0 Å². The number of amides is 1. The molecule has 132 valence electrons. The highest BCUT2D eigenvalue weighted by atomic mass is 16.6. The number of alkyl carbamates (subject to hydrolysis) is 1. The molecule has 1 amide bonds. The fourth-order valence-electron chi connectivity index (χ4n) is 2.52. The predicted molar refractivity (Wildman–Crippen MR) is 96.5 cm³/mol. The molecule has 24 heavy (non-hydrogen) atoms. The molecule has 2 unspecified atom stereocenters. The number of terminal acetylenes is 1. The van der Waals surface area contributed by atoms with Crippen molar-refractivity contribution in [3.8, 4) is 12.3 Å². The number of aliphatic hydroxyl groups excluding tert-OH is 1. The molecule has 1 rings (SSSR count). The lowest BCUT2D eigenvalue weighted by Crippen LogP contribution is -2.43. The van der Waals surface area contributed by atoms with Gasteiger partial charge in [0.15, 0.2) is 0 Å². The highest BCUT2D eigenvalue weighted by Gasteiger charge is 2.27. The molecule has 4 nitrogen and oxygen atoms in total. The molecule has 0 aliphatic rings. The van der Waals surface area contributed by atoms with E-state index in [1.54, 1.807) is 0 Å². The lowest BCUT2D eigenvalue weighted by atomic mass is 9.98. The molecule has 4 heteroatoms. The number of hydrogen-bond donors (Lipinski definition) is 2. The molecule has 0 aliphatic carbocycles. The van der Waals surface area contributed by atoms with Crippen LogP contribution >= 0.6 is 0 Å². The summed E-state index contributed by atoms with van der Waals surface area (Å²) in [7, 11) is 0.